The number of esters is 1. The van der Waals surface area contributed by atoms with Gasteiger partial charge in [-0.2, -0.15) is 17.1 Å². The van der Waals surface area contributed by atoms with Crippen LogP contribution in [0.25, 0.3) is 40.2 Å². The van der Waals surface area contributed by atoms with Crippen molar-refractivity contribution in [3.8, 4) is 0 Å². The normalized spacial score (nSPS) is 29.0. The van der Waals surface area contributed by atoms with Gasteiger partial charge >= 0.3 is 35.0 Å². The minimum atomic E-state index is -1.26. The zero-order chi connectivity index (χ0) is 33.2. The summed E-state index contributed by atoms with van der Waals surface area (Å²) >= 11 is 0. The topological polar surface area (TPSA) is 178 Å². The van der Waals surface area contributed by atoms with Crippen molar-refractivity contribution in [1.29, 1.82) is 0 Å². The number of rotatable bonds is 7. The summed E-state index contributed by atoms with van der Waals surface area (Å²) in [5.74, 6) is -3.92. The second-order valence-corrected chi connectivity index (χ2v) is 12.7. The number of carboxylic acid groups (broad SMARTS) is 1. The van der Waals surface area contributed by atoms with Crippen molar-refractivity contribution < 1.29 is 34.4 Å². The molecule has 0 unspecified atom stereocenters. The maximum Gasteiger partial charge on any atom is 2.00 e. The molecule has 6 atom stereocenters. The fraction of sp³-hybridized carbons (Fsp3) is 0.457. The Labute approximate surface area is 289 Å². The van der Waals surface area contributed by atoms with Gasteiger partial charge in [0.25, 0.3) is 0 Å². The van der Waals surface area contributed by atoms with Crippen LogP contribution in [0.5, 0.6) is 0 Å². The number of allylic oxidation sites excluding steroid dienone is 3. The second kappa shape index (κ2) is 13.0. The van der Waals surface area contributed by atoms with Crippen LogP contribution in [0.4, 0.5) is 0 Å². The summed E-state index contributed by atoms with van der Waals surface area (Å²) in [5.41, 5.74) is 6.28. The molecule has 2 fully saturated rings. The van der Waals surface area contributed by atoms with Crippen molar-refractivity contribution in [3.63, 3.8) is 0 Å². The smallest absolute Gasteiger partial charge is 0.681 e. The van der Waals surface area contributed by atoms with E-state index in [-0.39, 0.29) is 71.1 Å². The van der Waals surface area contributed by atoms with Crippen LogP contribution in [0.1, 0.15) is 85.5 Å². The van der Waals surface area contributed by atoms with Crippen LogP contribution >= 0.6 is 0 Å². The van der Waals surface area contributed by atoms with Crippen LogP contribution in [0.3, 0.4) is 0 Å². The SMILES string of the molecule is CC[C@H]1/C2=C/c3[n-]c4c(c3C)=C(O)[C@H](C(=O)OCO)C=4[C@@H]3[N-]/C(=C\c4[n-]c(c(C(C)=O)c4C)/C=C(\[N-]2)[C@@H]1C)[C@@H](C)[C@@H]3CCC(=O)O.[Mg+2]. The van der Waals surface area contributed by atoms with E-state index in [9.17, 15) is 29.7 Å². The fourth-order valence-corrected chi connectivity index (χ4v) is 7.75. The number of carbonyl (C=O) groups excluding carboxylic acids is 2. The number of ether oxygens (including phenoxy) is 1. The van der Waals surface area contributed by atoms with E-state index in [1.165, 1.54) is 6.92 Å². The summed E-state index contributed by atoms with van der Waals surface area (Å²) in [6, 6.07) is -0.726. The van der Waals surface area contributed by atoms with Gasteiger partial charge in [0.15, 0.2) is 12.6 Å². The number of nitrogens with zero attached hydrogens (tertiary/aromatic N) is 4. The molecule has 1 aliphatic carbocycles. The first-order valence-corrected chi connectivity index (χ1v) is 15.7. The van der Waals surface area contributed by atoms with Gasteiger partial charge in [0.1, 0.15) is 11.7 Å². The molecule has 0 spiro atoms. The van der Waals surface area contributed by atoms with Crippen LogP contribution in [0.15, 0.2) is 17.1 Å². The number of aromatic nitrogens is 2. The Balaban J connectivity index is 0.00000433. The van der Waals surface area contributed by atoms with Gasteiger partial charge in [-0.15, -0.1) is 22.4 Å². The Morgan fingerprint density at radius 1 is 0.936 bits per heavy atom. The molecule has 6 rings (SSSR count). The third kappa shape index (κ3) is 5.63. The number of carboxylic acids is 1. The molecule has 11 nitrogen and oxygen atoms in total. The van der Waals surface area contributed by atoms with Gasteiger partial charge in [0, 0.05) is 17.2 Å². The second-order valence-electron chi connectivity index (χ2n) is 12.7. The Kier molecular flexibility index (Phi) is 9.60. The summed E-state index contributed by atoms with van der Waals surface area (Å²) < 4.78 is 5.01. The molecule has 4 aliphatic rings. The van der Waals surface area contributed by atoms with Crippen molar-refractivity contribution in [2.45, 2.75) is 66.8 Å². The van der Waals surface area contributed by atoms with Crippen molar-refractivity contribution in [2.24, 2.45) is 29.6 Å². The predicted molar refractivity (Wildman–Crippen MR) is 177 cm³/mol. The molecule has 2 aromatic rings. The van der Waals surface area contributed by atoms with Gasteiger partial charge in [0.05, 0.1) is 0 Å². The van der Waals surface area contributed by atoms with Crippen LogP contribution in [0.2, 0.25) is 0 Å². The number of Topliss-reactive ketones (excluding diaryl/α,β-unsaturated/α-hetero) is 1. The zero-order valence-electron chi connectivity index (χ0n) is 27.5. The third-order valence-corrected chi connectivity index (χ3v) is 10.2. The van der Waals surface area contributed by atoms with Crippen molar-refractivity contribution in [1.82, 2.24) is 9.97 Å². The Morgan fingerprint density at radius 2 is 1.60 bits per heavy atom. The summed E-state index contributed by atoms with van der Waals surface area (Å²) in [4.78, 5) is 47.9. The number of hydrogen-bond acceptors (Lipinski definition) is 6. The minimum Gasteiger partial charge on any atom is -0.681 e. The first kappa shape index (κ1) is 34.6. The maximum atomic E-state index is 13.3. The molecule has 3 aliphatic heterocycles. The van der Waals surface area contributed by atoms with E-state index in [0.717, 1.165) is 17.8 Å². The molecule has 0 saturated carbocycles. The van der Waals surface area contributed by atoms with E-state index in [1.54, 1.807) is 0 Å². The number of aliphatic carboxylic acids is 1. The van der Waals surface area contributed by atoms with Gasteiger partial charge < -0.3 is 40.7 Å². The van der Waals surface area contributed by atoms with Gasteiger partial charge in [-0.05, 0) is 50.9 Å². The summed E-state index contributed by atoms with van der Waals surface area (Å²) in [7, 11) is 0. The van der Waals surface area contributed by atoms with E-state index in [1.807, 2.05) is 39.0 Å². The minimum absolute atomic E-state index is 0. The molecular formula is C35H38MgN4O7-2. The van der Waals surface area contributed by atoms with E-state index in [2.05, 4.69) is 13.8 Å². The Morgan fingerprint density at radius 3 is 2.23 bits per heavy atom. The van der Waals surface area contributed by atoms with Crippen LogP contribution in [-0.2, 0) is 14.3 Å². The number of ketones is 1. The largest absolute Gasteiger partial charge is 2.00 e. The van der Waals surface area contributed by atoms with E-state index < -0.39 is 30.7 Å². The molecule has 0 amide bonds. The van der Waals surface area contributed by atoms with E-state index in [4.69, 9.17) is 25.3 Å². The summed E-state index contributed by atoms with van der Waals surface area (Å²) in [6.07, 6.45) is 6.58. The molecule has 12 heteroatoms. The number of aliphatic hydroxyl groups is 2. The molecule has 8 bridgehead atoms. The molecule has 2 saturated heterocycles. The van der Waals surface area contributed by atoms with Crippen LogP contribution < -0.4 is 20.5 Å². The van der Waals surface area contributed by atoms with Crippen molar-refractivity contribution >= 4 is 70.3 Å². The van der Waals surface area contributed by atoms with Gasteiger partial charge in [-0.1, -0.05) is 68.2 Å². The number of carbonyl (C=O) groups is 3. The third-order valence-electron chi connectivity index (χ3n) is 10.2. The van der Waals surface area contributed by atoms with Gasteiger partial charge in [-0.25, -0.2) is 0 Å². The molecular weight excluding hydrogens is 613 g/mol. The predicted octanol–water partition coefficient (Wildman–Crippen LogP) is 3.64. The van der Waals surface area contributed by atoms with Crippen LogP contribution in [-0.4, -0.2) is 68.9 Å². The van der Waals surface area contributed by atoms with Gasteiger partial charge in [-0.3, -0.25) is 14.4 Å². The molecule has 244 valence electrons. The molecule has 3 N–H and O–H groups in total. The quantitative estimate of drug-likeness (QED) is 0.175. The van der Waals surface area contributed by atoms with E-state index in [0.29, 0.717) is 55.6 Å². The van der Waals surface area contributed by atoms with Crippen LogP contribution in [0, 0.1) is 43.4 Å². The average Bonchev–Trinajstić information content (AvgIpc) is 3.73. The molecule has 2 aromatic heterocycles. The summed E-state index contributed by atoms with van der Waals surface area (Å²) in [5, 5.41) is 41.6. The van der Waals surface area contributed by atoms with Crippen molar-refractivity contribution in [3.05, 3.63) is 72.1 Å². The molecule has 0 radical (unpaired) electrons. The first-order valence-electron chi connectivity index (χ1n) is 15.7. The fourth-order valence-electron chi connectivity index (χ4n) is 7.75. The van der Waals surface area contributed by atoms with Crippen molar-refractivity contribution in [2.75, 3.05) is 6.79 Å². The maximum absolute atomic E-state index is 13.3. The molecule has 47 heavy (non-hydrogen) atoms. The number of hydrogen-bond donors (Lipinski definition) is 3. The standard InChI is InChI=1S/C35H40N4O7.Mg/c1-7-19-14(2)21-12-26-28(18(6)41)16(4)23(37-26)10-22-15(3)20(8-9-27(42)43)32(38-22)30-31(35(45)46-13-40)34(44)29-17(5)24(39-33(29)30)11-25(19)36-21;/h10-12,14-15,19-20,31-32,40H,7-9,13H2,1-6H3,(H4,36,37,41,42,43,44);/q-2;+2/p-2/b22-10-,25-11-;/t14-,15+,19-,20+,31-,32-;/m1./s1. The number of aliphatic hydroxyl groups excluding tert-OH is 2. The monoisotopic (exact) mass is 650 g/mol. The Bertz CT molecular complexity index is 1880. The molecule has 5 heterocycles. The summed E-state index contributed by atoms with van der Waals surface area (Å²) in [6.45, 7) is 10.5. The first-order chi connectivity index (χ1) is 21.9. The zero-order valence-corrected chi connectivity index (χ0v) is 28.9. The average molecular weight is 651 g/mol. The molecule has 0 aromatic carbocycles. The number of fused-ring (bicyclic) bond motifs is 8. The van der Waals surface area contributed by atoms with E-state index >= 15 is 0 Å². The van der Waals surface area contributed by atoms with Gasteiger partial charge in [0.2, 0.25) is 0 Å². The Hall–Kier alpha value is -3.74.